The molecule has 23 heavy (non-hydrogen) atoms. The van der Waals surface area contributed by atoms with Gasteiger partial charge >= 0.3 is 0 Å². The van der Waals surface area contributed by atoms with Gasteiger partial charge in [0.05, 0.1) is 6.61 Å². The van der Waals surface area contributed by atoms with Crippen molar-refractivity contribution >= 4 is 30.5 Å². The molecule has 1 aliphatic rings. The van der Waals surface area contributed by atoms with Crippen molar-refractivity contribution in [1.82, 2.24) is 10.2 Å². The number of rotatable bonds is 6. The summed E-state index contributed by atoms with van der Waals surface area (Å²) in [5.74, 6) is -0.959. The Morgan fingerprint density at radius 2 is 1.74 bits per heavy atom. The second-order valence-corrected chi connectivity index (χ2v) is 5.38. The van der Waals surface area contributed by atoms with Crippen LogP contribution in [0.3, 0.4) is 0 Å². The van der Waals surface area contributed by atoms with Crippen LogP contribution in [-0.4, -0.2) is 58.4 Å². The number of anilines is 1. The molecule has 1 saturated heterocycles. The zero-order chi connectivity index (χ0) is 15.2. The summed E-state index contributed by atoms with van der Waals surface area (Å²) in [7, 11) is 3.54. The number of ether oxygens (including phenoxy) is 1. The average molecular weight is 372 g/mol. The maximum atomic E-state index is 14.3. The molecular formula is C15H25Cl2F2N3O. The Labute approximate surface area is 149 Å². The van der Waals surface area contributed by atoms with Crippen molar-refractivity contribution in [3.63, 3.8) is 0 Å². The maximum absolute atomic E-state index is 14.3. The molecule has 1 aromatic rings. The van der Waals surface area contributed by atoms with Crippen LogP contribution in [0, 0.1) is 11.6 Å². The van der Waals surface area contributed by atoms with Gasteiger partial charge in [0.1, 0.15) is 17.3 Å². The fourth-order valence-corrected chi connectivity index (χ4v) is 2.54. The van der Waals surface area contributed by atoms with E-state index >= 15 is 0 Å². The van der Waals surface area contributed by atoms with Gasteiger partial charge in [-0.05, 0) is 24.7 Å². The second kappa shape index (κ2) is 11.0. The van der Waals surface area contributed by atoms with Gasteiger partial charge in [0.25, 0.3) is 0 Å². The van der Waals surface area contributed by atoms with E-state index in [2.05, 4.69) is 5.32 Å². The number of piperazine rings is 1. The third-order valence-electron chi connectivity index (χ3n) is 3.64. The molecule has 1 heterocycles. The molecule has 1 N–H and O–H groups in total. The van der Waals surface area contributed by atoms with Crippen LogP contribution in [0.5, 0.6) is 0 Å². The molecule has 4 nitrogen and oxygen atoms in total. The minimum absolute atomic E-state index is 0. The molecular weight excluding hydrogens is 347 g/mol. The first-order valence-electron chi connectivity index (χ1n) is 7.23. The molecule has 0 spiro atoms. The highest BCUT2D eigenvalue weighted by atomic mass is 35.5. The summed E-state index contributed by atoms with van der Waals surface area (Å²) in [5.41, 5.74) is 0.738. The largest absolute Gasteiger partial charge is 0.383 e. The Morgan fingerprint density at radius 1 is 1.17 bits per heavy atom. The monoisotopic (exact) mass is 371 g/mol. The summed E-state index contributed by atoms with van der Waals surface area (Å²) in [6.45, 7) is 4.57. The van der Waals surface area contributed by atoms with E-state index in [1.165, 1.54) is 12.1 Å². The molecule has 1 aliphatic heterocycles. The Morgan fingerprint density at radius 3 is 2.26 bits per heavy atom. The van der Waals surface area contributed by atoms with Crippen molar-refractivity contribution in [3.8, 4) is 0 Å². The molecule has 134 valence electrons. The van der Waals surface area contributed by atoms with Gasteiger partial charge in [-0.1, -0.05) is 0 Å². The molecule has 2 rings (SSSR count). The normalized spacial score (nSPS) is 14.4. The lowest BCUT2D eigenvalue weighted by Crippen LogP contribution is -2.44. The van der Waals surface area contributed by atoms with Crippen molar-refractivity contribution in [3.05, 3.63) is 29.3 Å². The Bertz CT molecular complexity index is 451. The summed E-state index contributed by atoms with van der Waals surface area (Å²) in [4.78, 5) is 3.74. The van der Waals surface area contributed by atoms with Crippen molar-refractivity contribution in [2.75, 3.05) is 58.4 Å². The Balaban J connectivity index is 0.00000242. The van der Waals surface area contributed by atoms with Gasteiger partial charge in [-0.25, -0.2) is 8.78 Å². The zero-order valence-electron chi connectivity index (χ0n) is 13.5. The van der Waals surface area contributed by atoms with E-state index in [1.807, 2.05) is 11.9 Å². The molecule has 0 aliphatic carbocycles. The van der Waals surface area contributed by atoms with Gasteiger partial charge in [-0.15, -0.1) is 24.8 Å². The predicted molar refractivity (Wildman–Crippen MR) is 94.1 cm³/mol. The van der Waals surface area contributed by atoms with Crippen molar-refractivity contribution in [2.45, 2.75) is 6.54 Å². The fourth-order valence-electron chi connectivity index (χ4n) is 2.54. The highest BCUT2D eigenvalue weighted by Crippen LogP contribution is 2.25. The number of halogens is 4. The zero-order valence-corrected chi connectivity index (χ0v) is 15.1. The van der Waals surface area contributed by atoms with E-state index in [0.717, 1.165) is 19.6 Å². The predicted octanol–water partition coefficient (Wildman–Crippen LogP) is 2.30. The third-order valence-corrected chi connectivity index (χ3v) is 3.64. The molecule has 0 aromatic heterocycles. The minimum Gasteiger partial charge on any atom is -0.383 e. The number of hydrogen-bond donors (Lipinski definition) is 1. The SMILES string of the molecule is COCCN(C)Cc1cc(F)c(N2CCNCC2)c(F)c1.Cl.Cl. The molecule has 0 saturated carbocycles. The molecule has 0 atom stereocenters. The quantitative estimate of drug-likeness (QED) is 0.830. The molecule has 1 fully saturated rings. The first-order chi connectivity index (χ1) is 10.1. The number of likely N-dealkylation sites (N-methyl/N-ethyl adjacent to an activating group) is 1. The van der Waals surface area contributed by atoms with Crippen molar-refractivity contribution < 1.29 is 13.5 Å². The van der Waals surface area contributed by atoms with E-state index in [4.69, 9.17) is 4.74 Å². The van der Waals surface area contributed by atoms with Gasteiger partial charge in [-0.2, -0.15) is 0 Å². The van der Waals surface area contributed by atoms with E-state index in [0.29, 0.717) is 31.8 Å². The maximum Gasteiger partial charge on any atom is 0.149 e. The topological polar surface area (TPSA) is 27.7 Å². The van der Waals surface area contributed by atoms with Crippen LogP contribution in [0.4, 0.5) is 14.5 Å². The number of nitrogens with zero attached hydrogens (tertiary/aromatic N) is 2. The minimum atomic E-state index is -0.480. The summed E-state index contributed by atoms with van der Waals surface area (Å²) in [6.07, 6.45) is 0. The molecule has 0 unspecified atom stereocenters. The van der Waals surface area contributed by atoms with Crippen LogP contribution < -0.4 is 10.2 Å². The molecule has 8 heteroatoms. The fraction of sp³-hybridized carbons (Fsp3) is 0.600. The molecule has 1 aromatic carbocycles. The molecule has 0 radical (unpaired) electrons. The third kappa shape index (κ3) is 6.39. The van der Waals surface area contributed by atoms with Crippen LogP contribution >= 0.6 is 24.8 Å². The summed E-state index contributed by atoms with van der Waals surface area (Å²) in [5, 5.41) is 3.18. The van der Waals surface area contributed by atoms with E-state index in [-0.39, 0.29) is 30.5 Å². The summed E-state index contributed by atoms with van der Waals surface area (Å²) >= 11 is 0. The van der Waals surface area contributed by atoms with E-state index in [1.54, 1.807) is 12.0 Å². The first kappa shape index (κ1) is 22.3. The standard InChI is InChI=1S/C15H23F2N3O.2ClH/c1-19(7-8-21-2)11-12-9-13(16)15(14(17)10-12)20-5-3-18-4-6-20;;/h9-10,18H,3-8,11H2,1-2H3;2*1H. The van der Waals surface area contributed by atoms with E-state index < -0.39 is 11.6 Å². The Kier molecular flexibility index (Phi) is 10.7. The molecule has 0 bridgehead atoms. The highest BCUT2D eigenvalue weighted by Gasteiger charge is 2.20. The smallest absolute Gasteiger partial charge is 0.149 e. The first-order valence-corrected chi connectivity index (χ1v) is 7.23. The number of benzene rings is 1. The lowest BCUT2D eigenvalue weighted by atomic mass is 10.1. The summed E-state index contributed by atoms with van der Waals surface area (Å²) < 4.78 is 33.5. The van der Waals surface area contributed by atoms with Gasteiger partial charge in [0, 0.05) is 46.4 Å². The lowest BCUT2D eigenvalue weighted by molar-refractivity contribution is 0.158. The van der Waals surface area contributed by atoms with Crippen LogP contribution in [0.25, 0.3) is 0 Å². The number of methoxy groups -OCH3 is 1. The van der Waals surface area contributed by atoms with Crippen LogP contribution in [0.1, 0.15) is 5.56 Å². The second-order valence-electron chi connectivity index (χ2n) is 5.38. The van der Waals surface area contributed by atoms with Gasteiger partial charge in [0.2, 0.25) is 0 Å². The molecule has 0 amide bonds. The van der Waals surface area contributed by atoms with Gasteiger partial charge in [-0.3, -0.25) is 4.90 Å². The van der Waals surface area contributed by atoms with Crippen molar-refractivity contribution in [2.24, 2.45) is 0 Å². The van der Waals surface area contributed by atoms with Crippen molar-refractivity contribution in [1.29, 1.82) is 0 Å². The highest BCUT2D eigenvalue weighted by molar-refractivity contribution is 5.85. The number of nitrogens with one attached hydrogen (secondary N) is 1. The van der Waals surface area contributed by atoms with Crippen LogP contribution in [-0.2, 0) is 11.3 Å². The van der Waals surface area contributed by atoms with E-state index in [9.17, 15) is 8.78 Å². The number of hydrogen-bond acceptors (Lipinski definition) is 4. The lowest BCUT2D eigenvalue weighted by Gasteiger charge is -2.30. The van der Waals surface area contributed by atoms with Crippen LogP contribution in [0.15, 0.2) is 12.1 Å². The average Bonchev–Trinajstić information content (AvgIpc) is 2.45. The summed E-state index contributed by atoms with van der Waals surface area (Å²) in [6, 6.07) is 2.87. The van der Waals surface area contributed by atoms with Crippen LogP contribution in [0.2, 0.25) is 0 Å². The van der Waals surface area contributed by atoms with Gasteiger partial charge < -0.3 is 15.0 Å². The van der Waals surface area contributed by atoms with Gasteiger partial charge in [0.15, 0.2) is 0 Å². The Hall–Kier alpha value is -0.660.